The van der Waals surface area contributed by atoms with Crippen LogP contribution in [0.25, 0.3) is 11.5 Å². The highest BCUT2D eigenvalue weighted by molar-refractivity contribution is 5.54. The summed E-state index contributed by atoms with van der Waals surface area (Å²) in [4.78, 5) is 1.99. The van der Waals surface area contributed by atoms with Gasteiger partial charge >= 0.3 is 6.01 Å². The SMILES string of the molecule is Fc1ccccc1-c1nnc(N2CCNCC2)o1. The summed E-state index contributed by atoms with van der Waals surface area (Å²) in [5.74, 6) is -0.130. The van der Waals surface area contributed by atoms with Crippen LogP contribution in [0.3, 0.4) is 0 Å². The Morgan fingerprint density at radius 2 is 1.94 bits per heavy atom. The van der Waals surface area contributed by atoms with Crippen LogP contribution in [0.4, 0.5) is 10.4 Å². The van der Waals surface area contributed by atoms with E-state index < -0.39 is 0 Å². The van der Waals surface area contributed by atoms with Crippen molar-refractivity contribution in [2.24, 2.45) is 0 Å². The second-order valence-corrected chi connectivity index (χ2v) is 4.11. The molecule has 0 bridgehead atoms. The maximum absolute atomic E-state index is 13.6. The fraction of sp³-hybridized carbons (Fsp3) is 0.333. The number of nitrogens with one attached hydrogen (secondary N) is 1. The molecule has 0 atom stereocenters. The van der Waals surface area contributed by atoms with Gasteiger partial charge in [0.25, 0.3) is 5.89 Å². The van der Waals surface area contributed by atoms with Crippen LogP contribution >= 0.6 is 0 Å². The quantitative estimate of drug-likeness (QED) is 0.867. The number of hydrogen-bond acceptors (Lipinski definition) is 5. The van der Waals surface area contributed by atoms with E-state index in [1.54, 1.807) is 18.2 Å². The molecule has 6 heteroatoms. The van der Waals surface area contributed by atoms with Gasteiger partial charge in [-0.05, 0) is 12.1 Å². The summed E-state index contributed by atoms with van der Waals surface area (Å²) >= 11 is 0. The van der Waals surface area contributed by atoms with Gasteiger partial charge in [0.15, 0.2) is 0 Å². The van der Waals surface area contributed by atoms with Gasteiger partial charge in [-0.25, -0.2) is 4.39 Å². The number of benzene rings is 1. The fourth-order valence-corrected chi connectivity index (χ4v) is 1.94. The standard InChI is InChI=1S/C12H13FN4O/c13-10-4-2-1-3-9(10)11-15-16-12(18-11)17-7-5-14-6-8-17/h1-4,14H,5-8H2. The van der Waals surface area contributed by atoms with Crippen LogP contribution in [0.1, 0.15) is 0 Å². The van der Waals surface area contributed by atoms with Crippen molar-refractivity contribution in [2.75, 3.05) is 31.1 Å². The molecule has 1 N–H and O–H groups in total. The van der Waals surface area contributed by atoms with Gasteiger partial charge < -0.3 is 14.6 Å². The summed E-state index contributed by atoms with van der Waals surface area (Å²) in [5, 5.41) is 11.1. The van der Waals surface area contributed by atoms with Gasteiger partial charge in [-0.2, -0.15) is 0 Å². The van der Waals surface area contributed by atoms with E-state index in [1.807, 2.05) is 4.90 Å². The van der Waals surface area contributed by atoms with Crippen molar-refractivity contribution < 1.29 is 8.81 Å². The minimum Gasteiger partial charge on any atom is -0.403 e. The van der Waals surface area contributed by atoms with Gasteiger partial charge in [-0.3, -0.25) is 0 Å². The third kappa shape index (κ3) is 2.06. The first-order valence-electron chi connectivity index (χ1n) is 5.88. The summed E-state index contributed by atoms with van der Waals surface area (Å²) in [6.07, 6.45) is 0. The smallest absolute Gasteiger partial charge is 0.318 e. The minimum atomic E-state index is -0.354. The largest absolute Gasteiger partial charge is 0.403 e. The van der Waals surface area contributed by atoms with Gasteiger partial charge in [-0.1, -0.05) is 17.2 Å². The van der Waals surface area contributed by atoms with Crippen LogP contribution in [0.5, 0.6) is 0 Å². The number of halogens is 1. The third-order valence-corrected chi connectivity index (χ3v) is 2.91. The van der Waals surface area contributed by atoms with E-state index in [-0.39, 0.29) is 11.7 Å². The summed E-state index contributed by atoms with van der Waals surface area (Å²) < 4.78 is 19.1. The maximum Gasteiger partial charge on any atom is 0.318 e. The maximum atomic E-state index is 13.6. The average molecular weight is 248 g/mol. The number of aromatic nitrogens is 2. The summed E-state index contributed by atoms with van der Waals surface area (Å²) in [6.45, 7) is 3.41. The lowest BCUT2D eigenvalue weighted by Crippen LogP contribution is -2.43. The van der Waals surface area contributed by atoms with Crippen molar-refractivity contribution in [2.45, 2.75) is 0 Å². The molecular formula is C12H13FN4O. The molecule has 1 aromatic carbocycles. The molecule has 2 aromatic rings. The van der Waals surface area contributed by atoms with Crippen molar-refractivity contribution in [3.8, 4) is 11.5 Å². The molecular weight excluding hydrogens is 235 g/mol. The molecule has 0 spiro atoms. The molecule has 18 heavy (non-hydrogen) atoms. The van der Waals surface area contributed by atoms with E-state index in [2.05, 4.69) is 15.5 Å². The predicted octanol–water partition coefficient (Wildman–Crippen LogP) is 1.29. The van der Waals surface area contributed by atoms with Gasteiger partial charge in [-0.15, -0.1) is 5.10 Å². The van der Waals surface area contributed by atoms with Gasteiger partial charge in [0.2, 0.25) is 0 Å². The molecule has 0 aliphatic carbocycles. The first-order valence-corrected chi connectivity index (χ1v) is 5.88. The molecule has 1 aromatic heterocycles. The van der Waals surface area contributed by atoms with E-state index in [0.717, 1.165) is 26.2 Å². The van der Waals surface area contributed by atoms with Crippen LogP contribution in [0, 0.1) is 5.82 Å². The highest BCUT2D eigenvalue weighted by atomic mass is 19.1. The number of rotatable bonds is 2. The van der Waals surface area contributed by atoms with E-state index >= 15 is 0 Å². The van der Waals surface area contributed by atoms with Crippen LogP contribution in [-0.2, 0) is 0 Å². The molecule has 94 valence electrons. The van der Waals surface area contributed by atoms with E-state index in [4.69, 9.17) is 4.42 Å². The van der Waals surface area contributed by atoms with Gasteiger partial charge in [0.05, 0.1) is 5.56 Å². The molecule has 5 nitrogen and oxygen atoms in total. The first-order chi connectivity index (χ1) is 8.84. The Hall–Kier alpha value is -1.95. The topological polar surface area (TPSA) is 54.2 Å². The number of hydrogen-bond donors (Lipinski definition) is 1. The summed E-state index contributed by atoms with van der Waals surface area (Å²) in [7, 11) is 0. The monoisotopic (exact) mass is 248 g/mol. The van der Waals surface area contributed by atoms with Crippen LogP contribution in [-0.4, -0.2) is 36.4 Å². The first kappa shape index (κ1) is 11.2. The second-order valence-electron chi connectivity index (χ2n) is 4.11. The fourth-order valence-electron chi connectivity index (χ4n) is 1.94. The van der Waals surface area contributed by atoms with Crippen LogP contribution < -0.4 is 10.2 Å². The zero-order valence-electron chi connectivity index (χ0n) is 9.77. The van der Waals surface area contributed by atoms with E-state index in [0.29, 0.717) is 11.6 Å². The Kier molecular flexibility index (Phi) is 2.93. The molecule has 0 radical (unpaired) electrons. The number of piperazine rings is 1. The molecule has 0 unspecified atom stereocenters. The molecule has 0 amide bonds. The van der Waals surface area contributed by atoms with E-state index in [9.17, 15) is 4.39 Å². The van der Waals surface area contributed by atoms with E-state index in [1.165, 1.54) is 6.07 Å². The molecule has 3 rings (SSSR count). The third-order valence-electron chi connectivity index (χ3n) is 2.91. The lowest BCUT2D eigenvalue weighted by Gasteiger charge is -2.24. The normalized spacial score (nSPS) is 15.9. The molecule has 1 aliphatic heterocycles. The Morgan fingerprint density at radius 1 is 1.17 bits per heavy atom. The van der Waals surface area contributed by atoms with Crippen molar-refractivity contribution in [3.63, 3.8) is 0 Å². The Balaban J connectivity index is 1.87. The Bertz CT molecular complexity index is 536. The minimum absolute atomic E-state index is 0.224. The van der Waals surface area contributed by atoms with Crippen molar-refractivity contribution >= 4 is 6.01 Å². The van der Waals surface area contributed by atoms with Gasteiger partial charge in [0.1, 0.15) is 5.82 Å². The molecule has 0 saturated carbocycles. The number of nitrogens with zero attached hydrogens (tertiary/aromatic N) is 3. The Morgan fingerprint density at radius 3 is 2.72 bits per heavy atom. The molecule has 1 fully saturated rings. The molecule has 1 saturated heterocycles. The zero-order valence-corrected chi connectivity index (χ0v) is 9.77. The second kappa shape index (κ2) is 4.73. The summed E-state index contributed by atoms with van der Waals surface area (Å²) in [5.41, 5.74) is 0.339. The zero-order chi connectivity index (χ0) is 12.4. The lowest BCUT2D eigenvalue weighted by atomic mass is 10.2. The van der Waals surface area contributed by atoms with Crippen LogP contribution in [0.2, 0.25) is 0 Å². The highest BCUT2D eigenvalue weighted by Gasteiger charge is 2.18. The van der Waals surface area contributed by atoms with Crippen molar-refractivity contribution in [1.29, 1.82) is 0 Å². The molecule has 1 aliphatic rings. The highest BCUT2D eigenvalue weighted by Crippen LogP contribution is 2.24. The molecule has 2 heterocycles. The average Bonchev–Trinajstić information content (AvgIpc) is 2.90. The van der Waals surface area contributed by atoms with Gasteiger partial charge in [0, 0.05) is 26.2 Å². The lowest BCUT2D eigenvalue weighted by molar-refractivity contribution is 0.502. The Labute approximate surface area is 104 Å². The van der Waals surface area contributed by atoms with Crippen molar-refractivity contribution in [3.05, 3.63) is 30.1 Å². The number of anilines is 1. The van der Waals surface area contributed by atoms with Crippen molar-refractivity contribution in [1.82, 2.24) is 15.5 Å². The van der Waals surface area contributed by atoms with Crippen LogP contribution in [0.15, 0.2) is 28.7 Å². The predicted molar refractivity (Wildman–Crippen MR) is 64.8 cm³/mol. The summed E-state index contributed by atoms with van der Waals surface area (Å²) in [6, 6.07) is 6.84.